The van der Waals surface area contributed by atoms with E-state index in [9.17, 15) is 9.36 Å². The molecule has 0 unspecified atom stereocenters. The monoisotopic (exact) mass is 286 g/mol. The molecule has 0 saturated heterocycles. The first-order valence-corrected chi connectivity index (χ1v) is 6.98. The fraction of sp³-hybridized carbons (Fsp3) is 0.250. The van der Waals surface area contributed by atoms with Crippen LogP contribution in [-0.2, 0) is 20.5 Å². The van der Waals surface area contributed by atoms with Crippen LogP contribution in [0.1, 0.15) is 12.5 Å². The highest BCUT2D eigenvalue weighted by atomic mass is 31.2. The van der Waals surface area contributed by atoms with E-state index in [-0.39, 0.29) is 18.8 Å². The number of hydrogen-bond acceptors (Lipinski definition) is 4. The summed E-state index contributed by atoms with van der Waals surface area (Å²) in [5.41, 5.74) is 0.833. The van der Waals surface area contributed by atoms with Gasteiger partial charge in [0.05, 0.1) is 6.61 Å². The van der Waals surface area contributed by atoms with Crippen LogP contribution >= 0.6 is 7.82 Å². The number of hydrogen-bond donors (Lipinski definition) is 2. The van der Waals surface area contributed by atoms with Crippen LogP contribution in [0.5, 0.6) is 5.75 Å². The highest BCUT2D eigenvalue weighted by molar-refractivity contribution is 7.46. The topological polar surface area (TPSA) is 93.1 Å². The molecule has 0 spiro atoms. The minimum absolute atomic E-state index is 0.0715. The first kappa shape index (κ1) is 15.4. The van der Waals surface area contributed by atoms with Gasteiger partial charge in [-0.15, -0.1) is 0 Å². The molecule has 104 valence electrons. The minimum atomic E-state index is -4.60. The van der Waals surface area contributed by atoms with Crippen molar-refractivity contribution >= 4 is 13.8 Å². The molecule has 0 heterocycles. The van der Waals surface area contributed by atoms with Gasteiger partial charge in [0.1, 0.15) is 5.75 Å². The van der Waals surface area contributed by atoms with Crippen LogP contribution in [0.25, 0.3) is 0 Å². The Morgan fingerprint density at radius 1 is 1.37 bits per heavy atom. The normalized spacial score (nSPS) is 10.9. The van der Waals surface area contributed by atoms with Crippen LogP contribution in [-0.4, -0.2) is 22.4 Å². The lowest BCUT2D eigenvalue weighted by Crippen LogP contribution is -2.08. The van der Waals surface area contributed by atoms with Crippen LogP contribution in [0.3, 0.4) is 0 Å². The molecule has 0 atom stereocenters. The summed E-state index contributed by atoms with van der Waals surface area (Å²) in [6.45, 7) is 5.06. The Bertz CT molecular complexity index is 519. The molecule has 1 rings (SSSR count). The van der Waals surface area contributed by atoms with E-state index in [1.165, 1.54) is 13.0 Å². The second-order valence-electron chi connectivity index (χ2n) is 3.86. The van der Waals surface area contributed by atoms with Gasteiger partial charge in [-0.25, -0.2) is 9.36 Å². The Morgan fingerprint density at radius 2 is 2.00 bits per heavy atom. The lowest BCUT2D eigenvalue weighted by Gasteiger charge is -2.11. The zero-order chi connectivity index (χ0) is 14.5. The second-order valence-corrected chi connectivity index (χ2v) is 5.02. The summed E-state index contributed by atoms with van der Waals surface area (Å²) >= 11 is 0. The maximum atomic E-state index is 11.2. The molecule has 0 aliphatic rings. The number of phosphoric acid groups is 1. The van der Waals surface area contributed by atoms with Gasteiger partial charge in [0.2, 0.25) is 0 Å². The molecule has 19 heavy (non-hydrogen) atoms. The summed E-state index contributed by atoms with van der Waals surface area (Å²) in [4.78, 5) is 28.7. The van der Waals surface area contributed by atoms with Crippen molar-refractivity contribution in [3.63, 3.8) is 0 Å². The maximum absolute atomic E-state index is 11.2. The number of ether oxygens (including phenoxy) is 1. The molecule has 0 aromatic heterocycles. The summed E-state index contributed by atoms with van der Waals surface area (Å²) < 4.78 is 20.3. The summed E-state index contributed by atoms with van der Waals surface area (Å²) in [6.07, 6.45) is 0.287. The molecule has 0 aliphatic carbocycles. The van der Waals surface area contributed by atoms with E-state index < -0.39 is 13.8 Å². The van der Waals surface area contributed by atoms with Crippen molar-refractivity contribution in [2.24, 2.45) is 0 Å². The van der Waals surface area contributed by atoms with E-state index in [1.807, 2.05) is 0 Å². The van der Waals surface area contributed by atoms with Gasteiger partial charge < -0.3 is 9.26 Å². The molecule has 0 bridgehead atoms. The van der Waals surface area contributed by atoms with Crippen LogP contribution in [0.2, 0.25) is 0 Å². The smallest absolute Gasteiger partial charge is 0.462 e. The molecule has 2 N–H and O–H groups in total. The maximum Gasteiger partial charge on any atom is 0.524 e. The highest BCUT2D eigenvalue weighted by Crippen LogP contribution is 2.39. The molecule has 6 nitrogen and oxygen atoms in total. The SMILES string of the molecule is C=C(C)C(=O)OCCc1ccccc1OP(=O)(O)O. The quantitative estimate of drug-likeness (QED) is 0.470. The third kappa shape index (κ3) is 5.70. The van der Waals surface area contributed by atoms with Crippen molar-refractivity contribution in [1.29, 1.82) is 0 Å². The second kappa shape index (κ2) is 6.52. The molecule has 0 amide bonds. The molecule has 0 radical (unpaired) electrons. The van der Waals surface area contributed by atoms with Gasteiger partial charge in [-0.3, -0.25) is 9.79 Å². The zero-order valence-electron chi connectivity index (χ0n) is 10.4. The van der Waals surface area contributed by atoms with E-state index in [4.69, 9.17) is 14.5 Å². The average Bonchev–Trinajstić information content (AvgIpc) is 2.29. The van der Waals surface area contributed by atoms with E-state index in [1.54, 1.807) is 18.2 Å². The highest BCUT2D eigenvalue weighted by Gasteiger charge is 2.18. The lowest BCUT2D eigenvalue weighted by molar-refractivity contribution is -0.138. The van der Waals surface area contributed by atoms with Crippen LogP contribution in [0.4, 0.5) is 0 Å². The Hall–Kier alpha value is -1.62. The number of benzene rings is 1. The average molecular weight is 286 g/mol. The molecule has 1 aromatic rings. The van der Waals surface area contributed by atoms with E-state index in [0.717, 1.165) is 0 Å². The number of phosphoric ester groups is 1. The lowest BCUT2D eigenvalue weighted by atomic mass is 10.1. The number of rotatable bonds is 6. The number of carbonyl (C=O) groups excluding carboxylic acids is 1. The molecular formula is C12H15O6P. The summed E-state index contributed by atoms with van der Waals surface area (Å²) in [5.74, 6) is -0.435. The standard InChI is InChI=1S/C12H15O6P/c1-9(2)12(13)17-8-7-10-5-3-4-6-11(10)18-19(14,15)16/h3-6H,1,7-8H2,2H3,(H2,14,15,16). The van der Waals surface area contributed by atoms with Crippen molar-refractivity contribution in [2.75, 3.05) is 6.61 Å². The fourth-order valence-corrected chi connectivity index (χ4v) is 1.74. The number of para-hydroxylation sites is 1. The fourth-order valence-electron chi connectivity index (χ4n) is 1.30. The van der Waals surface area contributed by atoms with Gasteiger partial charge in [-0.1, -0.05) is 24.8 Å². The van der Waals surface area contributed by atoms with Crippen molar-refractivity contribution in [1.82, 2.24) is 0 Å². The van der Waals surface area contributed by atoms with Crippen molar-refractivity contribution < 1.29 is 28.4 Å². The molecular weight excluding hydrogens is 271 g/mol. The predicted molar refractivity (Wildman–Crippen MR) is 68.6 cm³/mol. The molecule has 0 aliphatic heterocycles. The Balaban J connectivity index is 2.66. The van der Waals surface area contributed by atoms with Crippen molar-refractivity contribution in [2.45, 2.75) is 13.3 Å². The van der Waals surface area contributed by atoms with Gasteiger partial charge in [0, 0.05) is 12.0 Å². The van der Waals surface area contributed by atoms with Crippen LogP contribution in [0, 0.1) is 0 Å². The largest absolute Gasteiger partial charge is 0.524 e. The molecule has 1 aromatic carbocycles. The van der Waals surface area contributed by atoms with E-state index >= 15 is 0 Å². The van der Waals surface area contributed by atoms with Crippen LogP contribution < -0.4 is 4.52 Å². The van der Waals surface area contributed by atoms with Gasteiger partial charge in [0.15, 0.2) is 0 Å². The van der Waals surface area contributed by atoms with Crippen molar-refractivity contribution in [3.8, 4) is 5.75 Å². The molecule has 7 heteroatoms. The molecule has 0 saturated carbocycles. The predicted octanol–water partition coefficient (Wildman–Crippen LogP) is 1.82. The third-order valence-electron chi connectivity index (χ3n) is 2.14. The van der Waals surface area contributed by atoms with E-state index in [0.29, 0.717) is 11.1 Å². The van der Waals surface area contributed by atoms with Gasteiger partial charge >= 0.3 is 13.8 Å². The summed E-state index contributed by atoms with van der Waals surface area (Å²) in [7, 11) is -4.60. The Labute approximate surface area is 110 Å². The summed E-state index contributed by atoms with van der Waals surface area (Å²) in [6, 6.07) is 6.37. The minimum Gasteiger partial charge on any atom is -0.462 e. The Kier molecular flexibility index (Phi) is 5.30. The van der Waals surface area contributed by atoms with E-state index in [2.05, 4.69) is 11.1 Å². The first-order valence-electron chi connectivity index (χ1n) is 5.45. The summed E-state index contributed by atoms with van der Waals surface area (Å²) in [5, 5.41) is 0. The van der Waals surface area contributed by atoms with Gasteiger partial charge in [-0.2, -0.15) is 0 Å². The number of carbonyl (C=O) groups is 1. The molecule has 0 fully saturated rings. The van der Waals surface area contributed by atoms with Gasteiger partial charge in [-0.05, 0) is 18.6 Å². The van der Waals surface area contributed by atoms with Crippen molar-refractivity contribution in [3.05, 3.63) is 42.0 Å². The zero-order valence-corrected chi connectivity index (χ0v) is 11.3. The number of esters is 1. The first-order chi connectivity index (χ1) is 8.79. The van der Waals surface area contributed by atoms with Gasteiger partial charge in [0.25, 0.3) is 0 Å². The third-order valence-corrected chi connectivity index (χ3v) is 2.58. The van der Waals surface area contributed by atoms with Crippen LogP contribution in [0.15, 0.2) is 36.4 Å². The Morgan fingerprint density at radius 3 is 2.58 bits per heavy atom.